The van der Waals surface area contributed by atoms with Crippen molar-refractivity contribution in [2.75, 3.05) is 18.4 Å². The zero-order valence-electron chi connectivity index (χ0n) is 10.1. The molecule has 4 nitrogen and oxygen atoms in total. The minimum atomic E-state index is -0.214. The number of amides is 2. The highest BCUT2D eigenvalue weighted by Gasteiger charge is 2.04. The Bertz CT molecular complexity index is 377. The predicted octanol–water partition coefficient (Wildman–Crippen LogP) is 2.10. The largest absolute Gasteiger partial charge is 0.334 e. The van der Waals surface area contributed by atoms with E-state index in [1.807, 2.05) is 31.2 Å². The van der Waals surface area contributed by atoms with Crippen LogP contribution in [0.1, 0.15) is 12.5 Å². The Morgan fingerprint density at radius 2 is 2.18 bits per heavy atom. The number of anilines is 1. The summed E-state index contributed by atoms with van der Waals surface area (Å²) in [6.07, 6.45) is 1.64. The first-order valence-electron chi connectivity index (χ1n) is 5.72. The van der Waals surface area contributed by atoms with Crippen LogP contribution < -0.4 is 16.0 Å². The van der Waals surface area contributed by atoms with Gasteiger partial charge in [0, 0.05) is 18.8 Å². The van der Waals surface area contributed by atoms with E-state index in [1.165, 1.54) is 0 Å². The number of hydrogen-bond donors (Lipinski definition) is 3. The lowest BCUT2D eigenvalue weighted by atomic mass is 10.2. The number of carbonyl (C=O) groups is 1. The first-order valence-corrected chi connectivity index (χ1v) is 5.72. The predicted molar refractivity (Wildman–Crippen MR) is 71.0 cm³/mol. The quantitative estimate of drug-likeness (QED) is 0.659. The minimum Gasteiger partial charge on any atom is -0.334 e. The van der Waals surface area contributed by atoms with E-state index in [4.69, 9.17) is 0 Å². The van der Waals surface area contributed by atoms with Crippen LogP contribution in [0, 0.1) is 0 Å². The highest BCUT2D eigenvalue weighted by molar-refractivity contribution is 5.90. The third kappa shape index (κ3) is 4.70. The molecule has 0 spiro atoms. The van der Waals surface area contributed by atoms with E-state index in [1.54, 1.807) is 6.08 Å². The number of rotatable bonds is 6. The zero-order valence-corrected chi connectivity index (χ0v) is 10.1. The summed E-state index contributed by atoms with van der Waals surface area (Å²) in [7, 11) is 0. The van der Waals surface area contributed by atoms with Crippen molar-refractivity contribution in [3.8, 4) is 0 Å². The van der Waals surface area contributed by atoms with Crippen molar-refractivity contribution in [2.45, 2.75) is 13.5 Å². The van der Waals surface area contributed by atoms with Crippen LogP contribution in [0.5, 0.6) is 0 Å². The summed E-state index contributed by atoms with van der Waals surface area (Å²) in [5, 5.41) is 8.73. The highest BCUT2D eigenvalue weighted by atomic mass is 16.2. The van der Waals surface area contributed by atoms with Crippen LogP contribution >= 0.6 is 0 Å². The van der Waals surface area contributed by atoms with Gasteiger partial charge < -0.3 is 16.0 Å². The molecule has 17 heavy (non-hydrogen) atoms. The molecule has 1 rings (SSSR count). The van der Waals surface area contributed by atoms with E-state index in [0.717, 1.165) is 24.3 Å². The van der Waals surface area contributed by atoms with Gasteiger partial charge in [0.05, 0.1) is 0 Å². The third-order valence-electron chi connectivity index (χ3n) is 2.24. The fraction of sp³-hybridized carbons (Fsp3) is 0.308. The van der Waals surface area contributed by atoms with Crippen molar-refractivity contribution in [2.24, 2.45) is 0 Å². The van der Waals surface area contributed by atoms with Crippen molar-refractivity contribution in [3.05, 3.63) is 42.5 Å². The number of carbonyl (C=O) groups excluding carboxylic acids is 1. The fourth-order valence-electron chi connectivity index (χ4n) is 1.39. The summed E-state index contributed by atoms with van der Waals surface area (Å²) in [6, 6.07) is 7.53. The summed E-state index contributed by atoms with van der Waals surface area (Å²) >= 11 is 0. The van der Waals surface area contributed by atoms with Crippen LogP contribution in [0.2, 0.25) is 0 Å². The molecular formula is C13H19N3O. The number of para-hydroxylation sites is 1. The SMILES string of the molecule is C=CCNC(=O)Nc1ccccc1CNCC. The maximum Gasteiger partial charge on any atom is 0.319 e. The molecule has 1 aromatic carbocycles. The Morgan fingerprint density at radius 3 is 2.88 bits per heavy atom. The Kier molecular flexibility index (Phi) is 5.82. The van der Waals surface area contributed by atoms with E-state index in [0.29, 0.717) is 6.54 Å². The monoisotopic (exact) mass is 233 g/mol. The van der Waals surface area contributed by atoms with Crippen LogP contribution in [0.15, 0.2) is 36.9 Å². The molecule has 0 aliphatic carbocycles. The smallest absolute Gasteiger partial charge is 0.319 e. The molecule has 1 aromatic rings. The van der Waals surface area contributed by atoms with Crippen molar-refractivity contribution in [1.29, 1.82) is 0 Å². The lowest BCUT2D eigenvalue weighted by molar-refractivity contribution is 0.253. The summed E-state index contributed by atoms with van der Waals surface area (Å²) in [4.78, 5) is 11.5. The second-order valence-corrected chi connectivity index (χ2v) is 3.56. The Labute approximate surface area is 102 Å². The Morgan fingerprint density at radius 1 is 1.41 bits per heavy atom. The van der Waals surface area contributed by atoms with Gasteiger partial charge in [0.2, 0.25) is 0 Å². The van der Waals surface area contributed by atoms with E-state index in [-0.39, 0.29) is 6.03 Å². The lowest BCUT2D eigenvalue weighted by Crippen LogP contribution is -2.29. The maximum absolute atomic E-state index is 11.5. The molecule has 0 unspecified atom stereocenters. The molecule has 0 bridgehead atoms. The average Bonchev–Trinajstić information content (AvgIpc) is 2.35. The molecule has 92 valence electrons. The first-order chi connectivity index (χ1) is 8.27. The van der Waals surface area contributed by atoms with Crippen LogP contribution in [-0.2, 0) is 6.54 Å². The van der Waals surface area contributed by atoms with Gasteiger partial charge in [-0.15, -0.1) is 6.58 Å². The van der Waals surface area contributed by atoms with E-state index in [9.17, 15) is 4.79 Å². The number of benzene rings is 1. The average molecular weight is 233 g/mol. The maximum atomic E-state index is 11.5. The molecule has 0 aromatic heterocycles. The molecule has 0 saturated carbocycles. The lowest BCUT2D eigenvalue weighted by Gasteiger charge is -2.11. The molecule has 0 saturated heterocycles. The van der Waals surface area contributed by atoms with Crippen LogP contribution in [-0.4, -0.2) is 19.1 Å². The second-order valence-electron chi connectivity index (χ2n) is 3.56. The van der Waals surface area contributed by atoms with Crippen molar-refractivity contribution < 1.29 is 4.79 Å². The van der Waals surface area contributed by atoms with Gasteiger partial charge in [0.15, 0.2) is 0 Å². The van der Waals surface area contributed by atoms with Gasteiger partial charge in [0.1, 0.15) is 0 Å². The molecule has 0 heterocycles. The summed E-state index contributed by atoms with van der Waals surface area (Å²) < 4.78 is 0. The van der Waals surface area contributed by atoms with Crippen LogP contribution in [0.4, 0.5) is 10.5 Å². The van der Waals surface area contributed by atoms with Gasteiger partial charge in [-0.2, -0.15) is 0 Å². The molecule has 2 amide bonds. The van der Waals surface area contributed by atoms with Gasteiger partial charge in [-0.25, -0.2) is 4.79 Å². The third-order valence-corrected chi connectivity index (χ3v) is 2.24. The van der Waals surface area contributed by atoms with Crippen LogP contribution in [0.3, 0.4) is 0 Å². The molecule has 0 aliphatic heterocycles. The highest BCUT2D eigenvalue weighted by Crippen LogP contribution is 2.14. The standard InChI is InChI=1S/C13H19N3O/c1-3-9-15-13(17)16-12-8-6-5-7-11(12)10-14-4-2/h3,5-8,14H,1,4,9-10H2,2H3,(H2,15,16,17). The minimum absolute atomic E-state index is 0.214. The van der Waals surface area contributed by atoms with Gasteiger partial charge in [0.25, 0.3) is 0 Å². The normalized spacial score (nSPS) is 9.71. The number of hydrogen-bond acceptors (Lipinski definition) is 2. The molecule has 4 heteroatoms. The molecule has 0 atom stereocenters. The van der Waals surface area contributed by atoms with Gasteiger partial charge in [-0.3, -0.25) is 0 Å². The van der Waals surface area contributed by atoms with Gasteiger partial charge in [-0.05, 0) is 18.2 Å². The van der Waals surface area contributed by atoms with Gasteiger partial charge in [-0.1, -0.05) is 31.2 Å². The number of nitrogens with one attached hydrogen (secondary N) is 3. The molecular weight excluding hydrogens is 214 g/mol. The van der Waals surface area contributed by atoms with E-state index in [2.05, 4.69) is 22.5 Å². The molecule has 3 N–H and O–H groups in total. The first kappa shape index (κ1) is 13.3. The zero-order chi connectivity index (χ0) is 12.5. The van der Waals surface area contributed by atoms with Gasteiger partial charge >= 0.3 is 6.03 Å². The Hall–Kier alpha value is -1.81. The second kappa shape index (κ2) is 7.46. The molecule has 0 radical (unpaired) electrons. The van der Waals surface area contributed by atoms with Crippen molar-refractivity contribution in [1.82, 2.24) is 10.6 Å². The van der Waals surface area contributed by atoms with Crippen molar-refractivity contribution in [3.63, 3.8) is 0 Å². The van der Waals surface area contributed by atoms with Crippen LogP contribution in [0.25, 0.3) is 0 Å². The fourth-order valence-corrected chi connectivity index (χ4v) is 1.39. The van der Waals surface area contributed by atoms with E-state index >= 15 is 0 Å². The summed E-state index contributed by atoms with van der Waals surface area (Å²) in [5.74, 6) is 0. The van der Waals surface area contributed by atoms with Crippen molar-refractivity contribution >= 4 is 11.7 Å². The molecule has 0 aliphatic rings. The summed E-state index contributed by atoms with van der Waals surface area (Å²) in [6.45, 7) is 7.70. The van der Waals surface area contributed by atoms with E-state index < -0.39 is 0 Å². The Balaban J connectivity index is 2.62. The topological polar surface area (TPSA) is 53.2 Å². The summed E-state index contributed by atoms with van der Waals surface area (Å²) in [5.41, 5.74) is 1.90. The molecule has 0 fully saturated rings. The number of urea groups is 1.